The highest BCUT2D eigenvalue weighted by atomic mass is 35.5. The van der Waals surface area contributed by atoms with Gasteiger partial charge in [0.15, 0.2) is 0 Å². The maximum absolute atomic E-state index is 5.89. The lowest BCUT2D eigenvalue weighted by molar-refractivity contribution is 0.686. The number of alkyl halides is 1. The monoisotopic (exact) mass is 296 g/mol. The summed E-state index contributed by atoms with van der Waals surface area (Å²) in [4.78, 5) is 4.74. The van der Waals surface area contributed by atoms with Crippen molar-refractivity contribution in [2.75, 3.05) is 0 Å². The number of halogens is 1. The molecule has 0 N–H and O–H groups in total. The molecule has 2 aromatic heterocycles. The van der Waals surface area contributed by atoms with Gasteiger partial charge in [-0.2, -0.15) is 0 Å². The minimum Gasteiger partial charge on any atom is -0.306 e. The molecule has 2 heterocycles. The third kappa shape index (κ3) is 2.34. The second kappa shape index (κ2) is 5.19. The molecule has 3 aromatic rings. The summed E-state index contributed by atoms with van der Waals surface area (Å²) in [5.74, 6) is 0.525. The summed E-state index contributed by atoms with van der Waals surface area (Å²) in [6.07, 6.45) is 9.18. The van der Waals surface area contributed by atoms with Crippen molar-refractivity contribution in [1.29, 1.82) is 0 Å². The number of fused-ring (bicyclic) bond motifs is 2. The van der Waals surface area contributed by atoms with Crippen molar-refractivity contribution in [3.8, 4) is 11.3 Å². The second-order valence-electron chi connectivity index (χ2n) is 5.75. The summed E-state index contributed by atoms with van der Waals surface area (Å²) in [5.41, 5.74) is 7.32. The van der Waals surface area contributed by atoms with Gasteiger partial charge in [-0.05, 0) is 60.6 Å². The van der Waals surface area contributed by atoms with Crippen LogP contribution in [0.25, 0.3) is 16.9 Å². The Morgan fingerprint density at radius 2 is 1.90 bits per heavy atom. The number of pyridine rings is 1. The van der Waals surface area contributed by atoms with Crippen LogP contribution in [-0.2, 0) is 18.7 Å². The van der Waals surface area contributed by atoms with Gasteiger partial charge < -0.3 is 4.40 Å². The molecule has 0 aliphatic heterocycles. The van der Waals surface area contributed by atoms with Crippen molar-refractivity contribution in [3.63, 3.8) is 0 Å². The van der Waals surface area contributed by atoms with Gasteiger partial charge in [-0.1, -0.05) is 12.1 Å². The molecular formula is C18H17ClN2. The molecule has 0 spiro atoms. The molecule has 2 nitrogen and oxygen atoms in total. The van der Waals surface area contributed by atoms with Crippen LogP contribution < -0.4 is 0 Å². The summed E-state index contributed by atoms with van der Waals surface area (Å²) in [6, 6.07) is 10.9. The molecule has 0 amide bonds. The second-order valence-corrected chi connectivity index (χ2v) is 6.02. The molecule has 3 heteroatoms. The summed E-state index contributed by atoms with van der Waals surface area (Å²) < 4.78 is 2.06. The van der Waals surface area contributed by atoms with E-state index in [-0.39, 0.29) is 0 Å². The number of aryl methyl sites for hydroxylation is 2. The van der Waals surface area contributed by atoms with Crippen LogP contribution in [0.2, 0.25) is 0 Å². The standard InChI is InChI=1S/C18H17ClN2/c19-11-13-7-8-21-12-17(20-18(21)9-13)16-6-5-14-3-1-2-4-15(14)10-16/h5-10,12H,1-4,11H2. The number of benzene rings is 1. The zero-order valence-corrected chi connectivity index (χ0v) is 12.6. The summed E-state index contributed by atoms with van der Waals surface area (Å²) in [5, 5.41) is 0. The van der Waals surface area contributed by atoms with Crippen molar-refractivity contribution < 1.29 is 0 Å². The van der Waals surface area contributed by atoms with E-state index < -0.39 is 0 Å². The quantitative estimate of drug-likeness (QED) is 0.631. The highest BCUT2D eigenvalue weighted by Gasteiger charge is 2.11. The van der Waals surface area contributed by atoms with Gasteiger partial charge in [-0.3, -0.25) is 0 Å². The van der Waals surface area contributed by atoms with E-state index in [1.54, 1.807) is 0 Å². The number of hydrogen-bond donors (Lipinski definition) is 0. The maximum Gasteiger partial charge on any atom is 0.137 e. The molecule has 106 valence electrons. The maximum atomic E-state index is 5.89. The number of imidazole rings is 1. The molecule has 4 rings (SSSR count). The van der Waals surface area contributed by atoms with Crippen LogP contribution in [0.15, 0.2) is 42.7 Å². The smallest absolute Gasteiger partial charge is 0.137 e. The normalized spacial score (nSPS) is 14.3. The SMILES string of the molecule is ClCc1ccn2cc(-c3ccc4c(c3)CCCC4)nc2c1. The summed E-state index contributed by atoms with van der Waals surface area (Å²) in [6.45, 7) is 0. The van der Waals surface area contributed by atoms with E-state index in [1.165, 1.54) is 42.4 Å². The summed E-state index contributed by atoms with van der Waals surface area (Å²) in [7, 11) is 0. The van der Waals surface area contributed by atoms with Crippen LogP contribution in [0.1, 0.15) is 29.5 Å². The Balaban J connectivity index is 1.78. The zero-order valence-electron chi connectivity index (χ0n) is 11.8. The Morgan fingerprint density at radius 1 is 1.05 bits per heavy atom. The molecule has 0 unspecified atom stereocenters. The first-order valence-electron chi connectivity index (χ1n) is 7.49. The Bertz CT molecular complexity index is 804. The Labute approximate surface area is 129 Å². The van der Waals surface area contributed by atoms with Gasteiger partial charge in [0.05, 0.1) is 5.69 Å². The molecule has 1 aliphatic carbocycles. The van der Waals surface area contributed by atoms with E-state index in [2.05, 4.69) is 34.9 Å². The first-order chi connectivity index (χ1) is 10.3. The van der Waals surface area contributed by atoms with Gasteiger partial charge in [-0.15, -0.1) is 11.6 Å². The lowest BCUT2D eigenvalue weighted by Crippen LogP contribution is -2.02. The van der Waals surface area contributed by atoms with Crippen LogP contribution in [-0.4, -0.2) is 9.38 Å². The van der Waals surface area contributed by atoms with Crippen molar-refractivity contribution in [1.82, 2.24) is 9.38 Å². The average molecular weight is 297 g/mol. The molecule has 1 aromatic carbocycles. The van der Waals surface area contributed by atoms with Crippen molar-refractivity contribution >= 4 is 17.2 Å². The lowest BCUT2D eigenvalue weighted by atomic mass is 9.90. The average Bonchev–Trinajstić information content (AvgIpc) is 2.97. The molecule has 0 fully saturated rings. The van der Waals surface area contributed by atoms with Gasteiger partial charge >= 0.3 is 0 Å². The molecule has 0 bridgehead atoms. The van der Waals surface area contributed by atoms with Gasteiger partial charge in [-0.25, -0.2) is 4.98 Å². The first kappa shape index (κ1) is 12.9. The fraction of sp³-hybridized carbons (Fsp3) is 0.278. The van der Waals surface area contributed by atoms with Gasteiger partial charge in [0, 0.05) is 23.8 Å². The van der Waals surface area contributed by atoms with E-state index >= 15 is 0 Å². The molecular weight excluding hydrogens is 280 g/mol. The lowest BCUT2D eigenvalue weighted by Gasteiger charge is -2.15. The van der Waals surface area contributed by atoms with Crippen LogP contribution in [0.3, 0.4) is 0 Å². The fourth-order valence-corrected chi connectivity index (χ4v) is 3.31. The van der Waals surface area contributed by atoms with Gasteiger partial charge in [0.25, 0.3) is 0 Å². The molecule has 1 aliphatic rings. The minimum atomic E-state index is 0.525. The minimum absolute atomic E-state index is 0.525. The Kier molecular flexibility index (Phi) is 3.19. The van der Waals surface area contributed by atoms with E-state index in [4.69, 9.17) is 16.6 Å². The highest BCUT2D eigenvalue weighted by molar-refractivity contribution is 6.17. The number of aromatic nitrogens is 2. The van der Waals surface area contributed by atoms with Crippen molar-refractivity contribution in [3.05, 3.63) is 59.4 Å². The molecule has 0 saturated carbocycles. The van der Waals surface area contributed by atoms with Crippen LogP contribution >= 0.6 is 11.6 Å². The van der Waals surface area contributed by atoms with Crippen molar-refractivity contribution in [2.45, 2.75) is 31.6 Å². The topological polar surface area (TPSA) is 17.3 Å². The fourth-order valence-electron chi connectivity index (χ4n) is 3.14. The summed E-state index contributed by atoms with van der Waals surface area (Å²) >= 11 is 5.89. The number of hydrogen-bond acceptors (Lipinski definition) is 1. The Morgan fingerprint density at radius 3 is 2.76 bits per heavy atom. The van der Waals surface area contributed by atoms with Crippen LogP contribution in [0, 0.1) is 0 Å². The van der Waals surface area contributed by atoms with Crippen LogP contribution in [0.4, 0.5) is 0 Å². The van der Waals surface area contributed by atoms with Gasteiger partial charge in [0.1, 0.15) is 5.65 Å². The molecule has 0 atom stereocenters. The molecule has 0 radical (unpaired) electrons. The molecule has 0 saturated heterocycles. The highest BCUT2D eigenvalue weighted by Crippen LogP contribution is 2.27. The third-order valence-electron chi connectivity index (χ3n) is 4.32. The predicted octanol–water partition coefficient (Wildman–Crippen LogP) is 4.62. The van der Waals surface area contributed by atoms with Gasteiger partial charge in [0.2, 0.25) is 0 Å². The third-order valence-corrected chi connectivity index (χ3v) is 4.63. The van der Waals surface area contributed by atoms with E-state index in [1.807, 2.05) is 12.3 Å². The number of rotatable bonds is 2. The number of nitrogens with zero attached hydrogens (tertiary/aromatic N) is 2. The first-order valence-corrected chi connectivity index (χ1v) is 8.03. The van der Waals surface area contributed by atoms with E-state index in [0.29, 0.717) is 5.88 Å². The van der Waals surface area contributed by atoms with Crippen LogP contribution in [0.5, 0.6) is 0 Å². The zero-order chi connectivity index (χ0) is 14.2. The molecule has 21 heavy (non-hydrogen) atoms. The van der Waals surface area contributed by atoms with E-state index in [0.717, 1.165) is 16.9 Å². The Hall–Kier alpha value is -1.80. The van der Waals surface area contributed by atoms with Crippen molar-refractivity contribution in [2.24, 2.45) is 0 Å². The largest absolute Gasteiger partial charge is 0.306 e. The van der Waals surface area contributed by atoms with E-state index in [9.17, 15) is 0 Å². The predicted molar refractivity (Wildman–Crippen MR) is 86.8 cm³/mol.